The van der Waals surface area contributed by atoms with Gasteiger partial charge in [0.1, 0.15) is 42.2 Å². The van der Waals surface area contributed by atoms with E-state index in [-0.39, 0.29) is 93.1 Å². The minimum Gasteiger partial charge on any atom is -0.481 e. The van der Waals surface area contributed by atoms with Crippen LogP contribution in [0.4, 0.5) is 16.2 Å². The van der Waals surface area contributed by atoms with Crippen LogP contribution in [0.3, 0.4) is 0 Å². The van der Waals surface area contributed by atoms with Crippen LogP contribution in [-0.4, -0.2) is 236 Å². The molecule has 0 spiro atoms. The highest BCUT2D eigenvalue weighted by molar-refractivity contribution is 7.86. The second-order valence-electron chi connectivity index (χ2n) is 28.9. The van der Waals surface area contributed by atoms with Gasteiger partial charge in [-0.05, 0) is 162 Å². The molecule has 38 heteroatoms. The molecule has 0 aromatic heterocycles. The Hall–Kier alpha value is -9.77. The number of carbonyl (C=O) groups excluding carboxylic acids is 4. The monoisotopic (exact) mass is 1650 g/mol. The highest BCUT2D eigenvalue weighted by Gasteiger charge is 2.46. The first-order chi connectivity index (χ1) is 52.8. The first-order valence-electron chi connectivity index (χ1n) is 36.2. The quantitative estimate of drug-likeness (QED) is 0.0153. The number of benzene rings is 4. The van der Waals surface area contributed by atoms with E-state index in [2.05, 4.69) is 21.3 Å². The van der Waals surface area contributed by atoms with E-state index in [0.717, 1.165) is 0 Å². The third-order valence-corrected chi connectivity index (χ3v) is 22.8. The third-order valence-electron chi connectivity index (χ3n) is 19.5. The molecule has 0 unspecified atom stereocenters. The molecule has 7 rings (SSSR count). The number of allylic oxidation sites excluding steroid dienone is 7. The van der Waals surface area contributed by atoms with E-state index in [1.165, 1.54) is 24.3 Å². The van der Waals surface area contributed by atoms with Crippen LogP contribution in [0.15, 0.2) is 148 Å². The second-order valence-corrected chi connectivity index (χ2v) is 34.9. The number of carbonyl (C=O) groups is 8. The number of rotatable bonds is 43. The van der Waals surface area contributed by atoms with Gasteiger partial charge in [-0.15, -0.1) is 0 Å². The van der Waals surface area contributed by atoms with Crippen LogP contribution in [0.1, 0.15) is 121 Å². The van der Waals surface area contributed by atoms with Crippen molar-refractivity contribution >= 4 is 105 Å². The number of amides is 5. The lowest BCUT2D eigenvalue weighted by Crippen LogP contribution is -2.54. The number of nitrogens with one attached hydrogen (secondary N) is 5. The Kier molecular flexibility index (Phi) is 31.5. The van der Waals surface area contributed by atoms with Gasteiger partial charge in [-0.1, -0.05) is 62.4 Å². The van der Waals surface area contributed by atoms with Gasteiger partial charge < -0.3 is 61.5 Å². The number of hydrogen-bond acceptors (Lipinski definition) is 20. The Bertz CT molecular complexity index is 4850. The van der Waals surface area contributed by atoms with E-state index in [9.17, 15) is 106 Å². The molecular weight excluding hydrogens is 1560 g/mol. The maximum Gasteiger partial charge on any atom is 0.326 e. The average molecular weight is 1650 g/mol. The Labute approximate surface area is 656 Å². The summed E-state index contributed by atoms with van der Waals surface area (Å²) in [6.45, 7) is 8.79. The van der Waals surface area contributed by atoms with E-state index in [0.29, 0.717) is 101 Å². The van der Waals surface area contributed by atoms with Crippen molar-refractivity contribution in [2.24, 2.45) is 0 Å². The Morgan fingerprint density at radius 3 is 1.74 bits per heavy atom. The molecule has 4 aromatic rings. The molecular formula is C75H98N9O25S4+. The lowest BCUT2D eigenvalue weighted by molar-refractivity contribution is -0.438. The Morgan fingerprint density at radius 2 is 1.15 bits per heavy atom. The summed E-state index contributed by atoms with van der Waals surface area (Å²) in [7, 11) is -14.5. The molecule has 616 valence electrons. The molecule has 2 heterocycles. The van der Waals surface area contributed by atoms with Crippen LogP contribution in [-0.2, 0) is 97.7 Å². The maximum atomic E-state index is 14.3. The normalized spacial score (nSPS) is 16.7. The molecule has 2 aliphatic heterocycles. The number of carboxylic acid groups (broad SMARTS) is 4. The van der Waals surface area contributed by atoms with Crippen molar-refractivity contribution in [3.05, 3.63) is 160 Å². The number of unbranched alkanes of at least 4 members (excludes halogenated alkanes) is 2. The number of ether oxygens (including phenoxy) is 1. The molecule has 1 aliphatic carbocycles. The summed E-state index contributed by atoms with van der Waals surface area (Å²) in [6.07, 6.45) is 7.50. The average Bonchev–Trinajstić information content (AvgIpc) is 1.59. The summed E-state index contributed by atoms with van der Waals surface area (Å²) < 4.78 is 145. The first kappa shape index (κ1) is 90.4. The molecule has 0 fully saturated rings. The molecule has 0 radical (unpaired) electrons. The molecule has 0 saturated carbocycles. The molecule has 4 aromatic carbocycles. The van der Waals surface area contributed by atoms with Crippen molar-refractivity contribution in [1.29, 1.82) is 0 Å². The molecule has 3 aliphatic rings. The molecule has 0 saturated heterocycles. The molecule has 34 nitrogen and oxygen atoms in total. The standard InChI is InChI=1S/C75H97N9O25S4/c1-74(2)55-45-53(112(103,104)105)25-29-61(55)83(36-10-12-41-110(97,98)99)63(74)31-21-50-17-14-18-51(22-32-64-75(3,4)56-46-54(113(106,107)108)26-30-62(56)84(64)37-11-13-42-111(100,101)102)68(50)109-52-23-19-49(20-24-52)44-60(72(94)95)78-69(89)59(43-48-15-8-7-9-16-48)77-66(86)47-82(6)40-39-81(5)38-35-76-65(85)33-27-57(70(90)91)79-73(96)80-58(71(92)93)28-34-67(87)88/h7-9,15-16,19-26,29-32,45-46,57-60H,10-14,17-18,27-28,33-44,47H2,1-6H3,(H12-,76,77,78,79,80,85,86,87,88,89,90,91,92,93,94,95,96,97,98,99,100,101,102,103,104,105,106,107,108)/p+1/t57-,58-,59-,60-/m0/s1. The predicted molar refractivity (Wildman–Crippen MR) is 414 cm³/mol. The number of fused-ring (bicyclic) bond motifs is 2. The van der Waals surface area contributed by atoms with E-state index in [1.807, 2.05) is 71.7 Å². The highest BCUT2D eigenvalue weighted by Crippen LogP contribution is 2.49. The number of nitrogens with zero attached hydrogens (tertiary/aromatic N) is 4. The van der Waals surface area contributed by atoms with Gasteiger partial charge in [-0.3, -0.25) is 42.3 Å². The smallest absolute Gasteiger partial charge is 0.326 e. The van der Waals surface area contributed by atoms with Crippen LogP contribution >= 0.6 is 0 Å². The van der Waals surface area contributed by atoms with Crippen LogP contribution in [0.2, 0.25) is 0 Å². The van der Waals surface area contributed by atoms with Gasteiger partial charge in [0, 0.05) is 99.3 Å². The van der Waals surface area contributed by atoms with Crippen molar-refractivity contribution < 1.29 is 120 Å². The van der Waals surface area contributed by atoms with Crippen LogP contribution < -0.4 is 36.2 Å². The summed E-state index contributed by atoms with van der Waals surface area (Å²) in [5.41, 5.74) is 4.04. The van der Waals surface area contributed by atoms with Gasteiger partial charge in [-0.25, -0.2) is 19.2 Å². The van der Waals surface area contributed by atoms with Gasteiger partial charge in [-0.2, -0.15) is 38.2 Å². The zero-order chi connectivity index (χ0) is 83.6. The van der Waals surface area contributed by atoms with E-state index < -0.39 is 147 Å². The van der Waals surface area contributed by atoms with Crippen molar-refractivity contribution in [1.82, 2.24) is 36.4 Å². The Balaban J connectivity index is 1.09. The van der Waals surface area contributed by atoms with Crippen molar-refractivity contribution in [3.8, 4) is 5.75 Å². The molecule has 0 bridgehead atoms. The third kappa shape index (κ3) is 26.9. The van der Waals surface area contributed by atoms with Crippen molar-refractivity contribution in [2.75, 3.05) is 76.3 Å². The fraction of sp³-hybridized carbons (Fsp3) is 0.453. The summed E-state index contributed by atoms with van der Waals surface area (Å²) in [5.74, 6) is -8.00. The lowest BCUT2D eigenvalue weighted by atomic mass is 9.81. The number of anilines is 1. The van der Waals surface area contributed by atoms with E-state index in [4.69, 9.17) is 9.84 Å². The minimum absolute atomic E-state index is 0.0243. The number of likely N-dealkylation sites (N-methyl/N-ethyl adjacent to an activating group) is 2. The number of carboxylic acids is 4. The van der Waals surface area contributed by atoms with Crippen LogP contribution in [0.25, 0.3) is 0 Å². The van der Waals surface area contributed by atoms with E-state index in [1.54, 1.807) is 85.7 Å². The SMILES string of the molecule is CN(CCNC(=O)CC[C@H](NC(=O)N[C@@H](CCC(=O)O)C(=O)O)C(=O)O)CCN(C)CC(=O)N[C@@H](Cc1ccccc1)C(=O)N[C@@H](Cc1ccc(OC2=C(/C=C/C3=[N+](CCCCS(=O)(=O)O)c4ccc(S(=O)(=O)O)cc4C3(C)C)CCC/C2=C\C=C2\N(CCCCS(=O)(=O)O)c3ccc(S(=O)(=O)O)cc3C2(C)C)cc1)C(=O)O. The second kappa shape index (κ2) is 39.3. The molecule has 13 N–H and O–H groups in total. The topological polar surface area (TPSA) is 517 Å². The Morgan fingerprint density at radius 1 is 0.584 bits per heavy atom. The summed E-state index contributed by atoms with van der Waals surface area (Å²) in [5, 5.41) is 50.6. The van der Waals surface area contributed by atoms with Crippen LogP contribution in [0.5, 0.6) is 5.75 Å². The van der Waals surface area contributed by atoms with Crippen molar-refractivity contribution in [3.63, 3.8) is 0 Å². The lowest BCUT2D eigenvalue weighted by Gasteiger charge is -2.27. The summed E-state index contributed by atoms with van der Waals surface area (Å²) in [4.78, 5) is 105. The summed E-state index contributed by atoms with van der Waals surface area (Å²) in [6, 6.07) is 16.4. The molecule has 113 heavy (non-hydrogen) atoms. The number of hydrogen-bond donors (Lipinski definition) is 13. The fourth-order valence-corrected chi connectivity index (χ4v) is 15.6. The molecule has 4 atom stereocenters. The largest absolute Gasteiger partial charge is 0.481 e. The van der Waals surface area contributed by atoms with Gasteiger partial charge in [0.15, 0.2) is 5.71 Å². The van der Waals surface area contributed by atoms with Crippen molar-refractivity contribution in [2.45, 2.75) is 156 Å². The minimum atomic E-state index is -4.66. The van der Waals surface area contributed by atoms with Gasteiger partial charge in [0.05, 0.1) is 33.3 Å². The maximum absolute atomic E-state index is 14.3. The zero-order valence-corrected chi connectivity index (χ0v) is 66.5. The van der Waals surface area contributed by atoms with Gasteiger partial charge in [0.2, 0.25) is 23.4 Å². The molecule has 5 amide bonds. The predicted octanol–water partition coefficient (Wildman–Crippen LogP) is 5.24. The highest BCUT2D eigenvalue weighted by atomic mass is 32.2. The van der Waals surface area contributed by atoms with Crippen LogP contribution in [0, 0.1) is 0 Å². The fourth-order valence-electron chi connectivity index (χ4n) is 13.4. The first-order valence-corrected chi connectivity index (χ1v) is 42.3. The number of urea groups is 1. The van der Waals surface area contributed by atoms with Gasteiger partial charge >= 0.3 is 29.9 Å². The van der Waals surface area contributed by atoms with Gasteiger partial charge in [0.25, 0.3) is 40.5 Å². The van der Waals surface area contributed by atoms with E-state index >= 15 is 0 Å². The summed E-state index contributed by atoms with van der Waals surface area (Å²) >= 11 is 0. The zero-order valence-electron chi connectivity index (χ0n) is 63.3. The number of aliphatic carboxylic acids is 4.